The van der Waals surface area contributed by atoms with E-state index >= 15 is 0 Å². The average molecular weight is 530 g/mol. The highest BCUT2D eigenvalue weighted by Crippen LogP contribution is 2.42. The molecule has 4 nitrogen and oxygen atoms in total. The van der Waals surface area contributed by atoms with Crippen molar-refractivity contribution < 1.29 is 22.8 Å². The number of anilines is 1. The molecule has 2 aromatic rings. The molecule has 210 valence electrons. The Balaban J connectivity index is 1.96. The van der Waals surface area contributed by atoms with Crippen LogP contribution in [0, 0.1) is 11.6 Å². The molecular formula is C32H47F2N2O2+. The number of fused-ring (bicyclic) bond motifs is 1. The van der Waals surface area contributed by atoms with E-state index in [1.807, 2.05) is 0 Å². The van der Waals surface area contributed by atoms with Crippen LogP contribution in [0.2, 0.25) is 0 Å². The highest BCUT2D eigenvalue weighted by molar-refractivity contribution is 6.01. The summed E-state index contributed by atoms with van der Waals surface area (Å²) in [6.07, 6.45) is 13.9. The Hall–Kier alpha value is -2.63. The second-order valence-corrected chi connectivity index (χ2v) is 10.4. The fourth-order valence-corrected chi connectivity index (χ4v) is 5.45. The number of nitrogens with one attached hydrogen (secondary N) is 1. The second-order valence-electron chi connectivity index (χ2n) is 10.4. The number of halogens is 2. The molecule has 0 aliphatic carbocycles. The van der Waals surface area contributed by atoms with Gasteiger partial charge >= 0.3 is 0 Å². The van der Waals surface area contributed by atoms with Crippen molar-refractivity contribution in [1.82, 2.24) is 0 Å². The quantitative estimate of drug-likeness (QED) is 0.165. The van der Waals surface area contributed by atoms with Gasteiger partial charge in [0.15, 0.2) is 35.4 Å². The lowest BCUT2D eigenvalue weighted by Gasteiger charge is -2.25. The molecule has 0 amide bonds. The van der Waals surface area contributed by atoms with Gasteiger partial charge in [-0.25, -0.2) is 13.4 Å². The summed E-state index contributed by atoms with van der Waals surface area (Å²) < 4.78 is 41.6. The van der Waals surface area contributed by atoms with E-state index in [9.17, 15) is 8.78 Å². The minimum Gasteiger partial charge on any atom is -0.493 e. The van der Waals surface area contributed by atoms with E-state index in [0.717, 1.165) is 61.5 Å². The van der Waals surface area contributed by atoms with Gasteiger partial charge in [0.1, 0.15) is 6.54 Å². The first-order valence-corrected chi connectivity index (χ1v) is 14.6. The number of unbranched alkanes of at least 4 members (excludes halogenated alkanes) is 8. The molecule has 0 unspecified atom stereocenters. The summed E-state index contributed by atoms with van der Waals surface area (Å²) in [5.74, 6) is -0.119. The van der Waals surface area contributed by atoms with Crippen LogP contribution in [0.25, 0.3) is 0 Å². The van der Waals surface area contributed by atoms with Gasteiger partial charge in [0.25, 0.3) is 0 Å². The van der Waals surface area contributed by atoms with Crippen molar-refractivity contribution in [3.05, 3.63) is 52.6 Å². The molecule has 3 rings (SSSR count). The largest absolute Gasteiger partial charge is 0.493 e. The first-order chi connectivity index (χ1) is 18.5. The highest BCUT2D eigenvalue weighted by Gasteiger charge is 2.31. The van der Waals surface area contributed by atoms with Crippen LogP contribution in [0.15, 0.2) is 24.3 Å². The van der Waals surface area contributed by atoms with E-state index < -0.39 is 11.6 Å². The maximum atomic E-state index is 14.0. The number of hydrogen-bond donors (Lipinski definition) is 1. The van der Waals surface area contributed by atoms with Crippen molar-refractivity contribution in [2.45, 2.75) is 97.4 Å². The summed E-state index contributed by atoms with van der Waals surface area (Å²) in [6.45, 7) is 6.73. The average Bonchev–Trinajstić information content (AvgIpc) is 2.92. The zero-order valence-electron chi connectivity index (χ0n) is 23.9. The fourth-order valence-electron chi connectivity index (χ4n) is 5.45. The molecule has 2 aromatic carbocycles. The van der Waals surface area contributed by atoms with Crippen molar-refractivity contribution in [1.29, 1.82) is 0 Å². The monoisotopic (exact) mass is 529 g/mol. The molecule has 0 saturated carbocycles. The highest BCUT2D eigenvalue weighted by atomic mass is 19.2. The number of rotatable bonds is 17. The molecule has 1 aliphatic heterocycles. The van der Waals surface area contributed by atoms with Crippen molar-refractivity contribution in [2.24, 2.45) is 0 Å². The third kappa shape index (κ3) is 7.94. The van der Waals surface area contributed by atoms with Crippen LogP contribution < -0.4 is 14.8 Å². The van der Waals surface area contributed by atoms with Gasteiger partial charge in [0, 0.05) is 24.9 Å². The first-order valence-electron chi connectivity index (χ1n) is 14.6. The SMILES string of the molecule is CCCCCCCNc1c2c(cc(OC)c1OC)C(CCCCCCC)=[N+](Cc1ccc(F)c(F)c1)CC2. The van der Waals surface area contributed by atoms with E-state index in [4.69, 9.17) is 9.47 Å². The lowest BCUT2D eigenvalue weighted by atomic mass is 9.90. The van der Waals surface area contributed by atoms with Crippen molar-refractivity contribution in [3.8, 4) is 11.5 Å². The van der Waals surface area contributed by atoms with E-state index in [-0.39, 0.29) is 0 Å². The van der Waals surface area contributed by atoms with Crippen LogP contribution in [-0.4, -0.2) is 37.6 Å². The summed E-state index contributed by atoms with van der Waals surface area (Å²) in [4.78, 5) is 0. The first kappa shape index (κ1) is 29.9. The minimum atomic E-state index is -0.805. The van der Waals surface area contributed by atoms with E-state index in [2.05, 4.69) is 29.8 Å². The summed E-state index contributed by atoms with van der Waals surface area (Å²) in [6, 6.07) is 6.35. The fraction of sp³-hybridized carbons (Fsp3) is 0.594. The molecule has 0 fully saturated rings. The topological polar surface area (TPSA) is 33.5 Å². The van der Waals surface area contributed by atoms with Crippen LogP contribution >= 0.6 is 0 Å². The van der Waals surface area contributed by atoms with Crippen molar-refractivity contribution >= 4 is 11.4 Å². The zero-order chi connectivity index (χ0) is 27.3. The standard InChI is InChI=1S/C32H47F2N2O2/c1-5-7-9-11-13-15-29-26-22-30(37-3)32(38-4)31(35-19-14-12-10-8-6-2)25(26)18-20-36(29)23-24-16-17-27(33)28(34)21-24/h16-17,21-22,35H,5-15,18-20,23H2,1-4H3/q+1. The Morgan fingerprint density at radius 3 is 2.21 bits per heavy atom. The summed E-state index contributed by atoms with van der Waals surface area (Å²) in [7, 11) is 3.39. The summed E-state index contributed by atoms with van der Waals surface area (Å²) >= 11 is 0. The number of nitrogens with zero attached hydrogens (tertiary/aromatic N) is 1. The lowest BCUT2D eigenvalue weighted by molar-refractivity contribution is -0.545. The Labute approximate surface area is 228 Å². The third-order valence-electron chi connectivity index (χ3n) is 7.56. The predicted molar refractivity (Wildman–Crippen MR) is 153 cm³/mol. The molecule has 0 spiro atoms. The van der Waals surface area contributed by atoms with Crippen LogP contribution in [-0.2, 0) is 13.0 Å². The molecule has 38 heavy (non-hydrogen) atoms. The van der Waals surface area contributed by atoms with E-state index in [1.54, 1.807) is 20.3 Å². The molecule has 0 bridgehead atoms. The van der Waals surface area contributed by atoms with Gasteiger partial charge in [-0.1, -0.05) is 65.2 Å². The number of ether oxygens (including phenoxy) is 2. The minimum absolute atomic E-state index is 0.551. The molecule has 0 atom stereocenters. The van der Waals surface area contributed by atoms with Crippen LogP contribution in [0.3, 0.4) is 0 Å². The van der Waals surface area contributed by atoms with E-state index in [1.165, 1.54) is 80.3 Å². The molecule has 6 heteroatoms. The molecular weight excluding hydrogens is 482 g/mol. The predicted octanol–water partition coefficient (Wildman–Crippen LogP) is 8.28. The maximum Gasteiger partial charge on any atom is 0.184 e. The van der Waals surface area contributed by atoms with E-state index in [0.29, 0.717) is 6.54 Å². The molecule has 1 aliphatic rings. The Bertz CT molecular complexity index is 1070. The van der Waals surface area contributed by atoms with Gasteiger partial charge in [-0.05, 0) is 42.7 Å². The van der Waals surface area contributed by atoms with Gasteiger partial charge in [-0.2, -0.15) is 0 Å². The summed E-state index contributed by atoms with van der Waals surface area (Å²) in [5, 5.41) is 3.70. The van der Waals surface area contributed by atoms with Crippen LogP contribution in [0.4, 0.5) is 14.5 Å². The summed E-state index contributed by atoms with van der Waals surface area (Å²) in [5.41, 5.74) is 5.51. The Morgan fingerprint density at radius 2 is 1.55 bits per heavy atom. The molecule has 0 saturated heterocycles. The Morgan fingerprint density at radius 1 is 0.842 bits per heavy atom. The normalized spacial score (nSPS) is 13.0. The molecule has 1 N–H and O–H groups in total. The van der Waals surface area contributed by atoms with Gasteiger partial charge < -0.3 is 14.8 Å². The number of methoxy groups -OCH3 is 2. The zero-order valence-corrected chi connectivity index (χ0v) is 23.9. The van der Waals surface area contributed by atoms with Gasteiger partial charge in [-0.3, -0.25) is 0 Å². The van der Waals surface area contributed by atoms with Crippen LogP contribution in [0.5, 0.6) is 11.5 Å². The van der Waals surface area contributed by atoms with Crippen LogP contribution in [0.1, 0.15) is 101 Å². The second kappa shape index (κ2) is 15.7. The number of hydrogen-bond acceptors (Lipinski definition) is 3. The van der Waals surface area contributed by atoms with Crippen molar-refractivity contribution in [2.75, 3.05) is 32.6 Å². The van der Waals surface area contributed by atoms with Gasteiger partial charge in [0.2, 0.25) is 0 Å². The van der Waals surface area contributed by atoms with Gasteiger partial charge in [-0.15, -0.1) is 0 Å². The smallest absolute Gasteiger partial charge is 0.184 e. The third-order valence-corrected chi connectivity index (χ3v) is 7.56. The molecule has 1 heterocycles. The molecule has 0 aromatic heterocycles. The van der Waals surface area contributed by atoms with Gasteiger partial charge in [0.05, 0.1) is 25.5 Å². The maximum absolute atomic E-state index is 14.0. The number of benzene rings is 2. The van der Waals surface area contributed by atoms with Crippen molar-refractivity contribution in [3.63, 3.8) is 0 Å². The molecule has 0 radical (unpaired) electrons. The lowest BCUT2D eigenvalue weighted by Crippen LogP contribution is -2.31. The Kier molecular flexibility index (Phi) is 12.4.